The van der Waals surface area contributed by atoms with E-state index >= 15 is 0 Å². The Morgan fingerprint density at radius 1 is 1.09 bits per heavy atom. The number of rotatable bonds is 6. The molecule has 2 saturated carbocycles. The van der Waals surface area contributed by atoms with Crippen molar-refractivity contribution < 1.29 is 14.7 Å². The zero-order valence-electron chi connectivity index (χ0n) is 18.9. The third-order valence-corrected chi connectivity index (χ3v) is 7.76. The Bertz CT molecular complexity index is 1410. The van der Waals surface area contributed by atoms with Crippen molar-refractivity contribution in [2.45, 2.75) is 38.3 Å². The molecular weight excluding hydrogens is 466 g/mol. The van der Waals surface area contributed by atoms with E-state index < -0.39 is 5.97 Å². The lowest BCUT2D eigenvalue weighted by atomic mass is 9.50. The number of aliphatic carboxylic acids is 1. The van der Waals surface area contributed by atoms with Crippen molar-refractivity contribution >= 4 is 34.4 Å². The monoisotopic (exact) mass is 489 g/mol. The van der Waals surface area contributed by atoms with Gasteiger partial charge >= 0.3 is 5.97 Å². The number of halogens is 1. The van der Waals surface area contributed by atoms with Gasteiger partial charge < -0.3 is 10.4 Å². The molecular formula is C26H24ClN5O3. The van der Waals surface area contributed by atoms with Crippen LogP contribution in [0.25, 0.3) is 16.6 Å². The second-order valence-corrected chi connectivity index (χ2v) is 10.2. The quantitative estimate of drug-likeness (QED) is 0.420. The molecule has 0 aliphatic heterocycles. The topological polar surface area (TPSA) is 102 Å². The van der Waals surface area contributed by atoms with Crippen molar-refractivity contribution in [3.8, 4) is 5.69 Å². The highest BCUT2D eigenvalue weighted by Crippen LogP contribution is 2.58. The number of hydrogen-bond acceptors (Lipinski definition) is 4. The van der Waals surface area contributed by atoms with E-state index in [1.165, 1.54) is 0 Å². The Kier molecular flexibility index (Phi) is 5.14. The minimum atomic E-state index is -0.712. The second kappa shape index (κ2) is 8.23. The number of fused-ring (bicyclic) bond motifs is 1. The SMILES string of the molecule is O=C(NC1CC2(C1)CC(C(=O)O)C2)c1ccc(Cl)c2cnn(Cc3ccc(-n4cccn4)cc3)c12. The molecule has 35 heavy (non-hydrogen) atoms. The van der Waals surface area contributed by atoms with Crippen LogP contribution in [0.4, 0.5) is 0 Å². The maximum atomic E-state index is 13.2. The number of hydrogen-bond donors (Lipinski definition) is 2. The van der Waals surface area contributed by atoms with Crippen LogP contribution in [-0.2, 0) is 11.3 Å². The number of amides is 1. The van der Waals surface area contributed by atoms with Crippen molar-refractivity contribution in [2.24, 2.45) is 11.3 Å². The summed E-state index contributed by atoms with van der Waals surface area (Å²) in [6, 6.07) is 13.5. The van der Waals surface area contributed by atoms with E-state index in [2.05, 4.69) is 15.5 Å². The van der Waals surface area contributed by atoms with E-state index in [0.29, 0.717) is 35.5 Å². The summed E-state index contributed by atoms with van der Waals surface area (Å²) in [4.78, 5) is 24.4. The van der Waals surface area contributed by atoms with Gasteiger partial charge in [-0.3, -0.25) is 14.3 Å². The van der Waals surface area contributed by atoms with Crippen LogP contribution in [-0.4, -0.2) is 42.6 Å². The highest BCUT2D eigenvalue weighted by atomic mass is 35.5. The third kappa shape index (κ3) is 3.87. The van der Waals surface area contributed by atoms with Crippen LogP contribution in [0.2, 0.25) is 5.02 Å². The summed E-state index contributed by atoms with van der Waals surface area (Å²) >= 11 is 6.43. The summed E-state index contributed by atoms with van der Waals surface area (Å²) in [5, 5.41) is 22.3. The first-order chi connectivity index (χ1) is 16.9. The number of nitrogens with one attached hydrogen (secondary N) is 1. The summed E-state index contributed by atoms with van der Waals surface area (Å²) in [6.07, 6.45) is 8.43. The van der Waals surface area contributed by atoms with Gasteiger partial charge in [-0.2, -0.15) is 10.2 Å². The fourth-order valence-corrected chi connectivity index (χ4v) is 5.87. The molecule has 178 valence electrons. The standard InChI is InChI=1S/C26H24ClN5O3/c27-22-7-6-20(24(33)30-18-12-26(13-18)10-17(11-26)25(34)35)23-21(22)14-29-32(23)15-16-2-4-19(5-3-16)31-9-1-8-28-31/h1-9,14,17-18H,10-13,15H2,(H,30,33)(H,34,35). The first kappa shape index (κ1) is 21.9. The number of carboxylic acids is 1. The molecule has 0 unspecified atom stereocenters. The van der Waals surface area contributed by atoms with E-state index in [1.54, 1.807) is 29.2 Å². The fraction of sp³-hybridized carbons (Fsp3) is 0.308. The number of carbonyl (C=O) groups excluding carboxylic acids is 1. The molecule has 4 aromatic rings. The molecule has 2 fully saturated rings. The molecule has 8 nitrogen and oxygen atoms in total. The Balaban J connectivity index is 1.20. The van der Waals surface area contributed by atoms with Gasteiger partial charge in [-0.1, -0.05) is 23.7 Å². The van der Waals surface area contributed by atoms with Crippen LogP contribution in [0.3, 0.4) is 0 Å². The molecule has 2 aliphatic rings. The van der Waals surface area contributed by atoms with Crippen LogP contribution in [0, 0.1) is 11.3 Å². The van der Waals surface area contributed by atoms with Gasteiger partial charge in [0, 0.05) is 23.8 Å². The van der Waals surface area contributed by atoms with E-state index in [1.807, 2.05) is 41.2 Å². The molecule has 6 rings (SSSR count). The van der Waals surface area contributed by atoms with E-state index in [0.717, 1.165) is 29.5 Å². The maximum absolute atomic E-state index is 13.2. The minimum Gasteiger partial charge on any atom is -0.481 e. The molecule has 0 radical (unpaired) electrons. The van der Waals surface area contributed by atoms with Gasteiger partial charge in [-0.05, 0) is 67.0 Å². The lowest BCUT2D eigenvalue weighted by Crippen LogP contribution is -2.57. The van der Waals surface area contributed by atoms with Gasteiger partial charge in [0.05, 0.1) is 40.4 Å². The van der Waals surface area contributed by atoms with Gasteiger partial charge in [0.15, 0.2) is 0 Å². The zero-order valence-corrected chi connectivity index (χ0v) is 19.7. The van der Waals surface area contributed by atoms with Crippen LogP contribution < -0.4 is 5.32 Å². The molecule has 0 saturated heterocycles. The number of benzene rings is 2. The summed E-state index contributed by atoms with van der Waals surface area (Å²) in [5.41, 5.74) is 3.34. The lowest BCUT2D eigenvalue weighted by Gasteiger charge is -2.56. The highest BCUT2D eigenvalue weighted by molar-refractivity contribution is 6.36. The Morgan fingerprint density at radius 3 is 2.54 bits per heavy atom. The Morgan fingerprint density at radius 2 is 1.86 bits per heavy atom. The van der Waals surface area contributed by atoms with Crippen molar-refractivity contribution in [2.75, 3.05) is 0 Å². The van der Waals surface area contributed by atoms with Gasteiger partial charge in [0.1, 0.15) is 0 Å². The summed E-state index contributed by atoms with van der Waals surface area (Å²) in [7, 11) is 0. The largest absolute Gasteiger partial charge is 0.481 e. The average molecular weight is 490 g/mol. The van der Waals surface area contributed by atoms with E-state index in [9.17, 15) is 9.59 Å². The first-order valence-electron chi connectivity index (χ1n) is 11.7. The predicted octanol–water partition coefficient (Wildman–Crippen LogP) is 4.30. The Labute approximate surface area is 206 Å². The lowest BCUT2D eigenvalue weighted by molar-refractivity contribution is -0.155. The average Bonchev–Trinajstić information content (AvgIpc) is 3.46. The maximum Gasteiger partial charge on any atom is 0.306 e. The summed E-state index contributed by atoms with van der Waals surface area (Å²) < 4.78 is 3.61. The molecule has 2 aliphatic carbocycles. The first-order valence-corrected chi connectivity index (χ1v) is 12.1. The number of carboxylic acid groups (broad SMARTS) is 1. The van der Waals surface area contributed by atoms with E-state index in [4.69, 9.17) is 16.7 Å². The molecule has 2 aromatic carbocycles. The number of nitrogens with zero attached hydrogens (tertiary/aromatic N) is 4. The molecule has 9 heteroatoms. The molecule has 1 spiro atoms. The van der Waals surface area contributed by atoms with Gasteiger partial charge in [-0.15, -0.1) is 0 Å². The van der Waals surface area contributed by atoms with Gasteiger partial charge in [0.25, 0.3) is 5.91 Å². The van der Waals surface area contributed by atoms with Gasteiger partial charge in [-0.25, -0.2) is 4.68 Å². The van der Waals surface area contributed by atoms with Crippen molar-refractivity contribution in [1.82, 2.24) is 24.9 Å². The minimum absolute atomic E-state index is 0.0641. The van der Waals surface area contributed by atoms with Crippen LogP contribution >= 0.6 is 11.6 Å². The van der Waals surface area contributed by atoms with Gasteiger partial charge in [0.2, 0.25) is 0 Å². The number of carbonyl (C=O) groups is 2. The van der Waals surface area contributed by atoms with Crippen LogP contribution in [0.1, 0.15) is 41.6 Å². The molecule has 1 amide bonds. The zero-order chi connectivity index (χ0) is 24.2. The smallest absolute Gasteiger partial charge is 0.306 e. The number of aromatic nitrogens is 4. The molecule has 0 atom stereocenters. The summed E-state index contributed by atoms with van der Waals surface area (Å²) in [6.45, 7) is 0.493. The molecule has 0 bridgehead atoms. The van der Waals surface area contributed by atoms with Crippen molar-refractivity contribution in [3.63, 3.8) is 0 Å². The predicted molar refractivity (Wildman–Crippen MR) is 131 cm³/mol. The Hall–Kier alpha value is -3.65. The summed E-state index contributed by atoms with van der Waals surface area (Å²) in [5.74, 6) is -1.10. The highest BCUT2D eigenvalue weighted by Gasteiger charge is 2.55. The third-order valence-electron chi connectivity index (χ3n) is 7.43. The second-order valence-electron chi connectivity index (χ2n) is 9.80. The normalized spacial score (nSPS) is 23.1. The molecule has 2 aromatic heterocycles. The fourth-order valence-electron chi connectivity index (χ4n) is 5.67. The van der Waals surface area contributed by atoms with Crippen LogP contribution in [0.5, 0.6) is 0 Å². The van der Waals surface area contributed by atoms with Crippen LogP contribution in [0.15, 0.2) is 61.1 Å². The van der Waals surface area contributed by atoms with E-state index in [-0.39, 0.29) is 23.3 Å². The molecule has 2 N–H and O–H groups in total. The molecule has 2 heterocycles. The van der Waals surface area contributed by atoms with Crippen molar-refractivity contribution in [1.29, 1.82) is 0 Å². The van der Waals surface area contributed by atoms with Crippen molar-refractivity contribution in [3.05, 3.63) is 77.2 Å².